The molecule has 0 aromatic heterocycles. The van der Waals surface area contributed by atoms with Crippen molar-refractivity contribution in [1.82, 2.24) is 0 Å². The van der Waals surface area contributed by atoms with Crippen molar-refractivity contribution in [2.24, 2.45) is 22.7 Å². The lowest BCUT2D eigenvalue weighted by Crippen LogP contribution is -2.41. The van der Waals surface area contributed by atoms with Crippen molar-refractivity contribution < 1.29 is 52.3 Å². The van der Waals surface area contributed by atoms with Crippen LogP contribution in [0.25, 0.3) is 0 Å². The summed E-state index contributed by atoms with van der Waals surface area (Å²) in [7, 11) is 1.69. The van der Waals surface area contributed by atoms with E-state index >= 15 is 0 Å². The van der Waals surface area contributed by atoms with Gasteiger partial charge < -0.3 is 33.2 Å². The van der Waals surface area contributed by atoms with Crippen LogP contribution in [-0.4, -0.2) is 30.8 Å². The van der Waals surface area contributed by atoms with E-state index in [4.69, 9.17) is 33.2 Å². The summed E-state index contributed by atoms with van der Waals surface area (Å²) in [6.07, 6.45) is 6.09. The van der Waals surface area contributed by atoms with Crippen LogP contribution in [-0.2, 0) is 10.8 Å². The number of rotatable bonds is 18. The molecule has 0 spiro atoms. The lowest BCUT2D eigenvalue weighted by Gasteiger charge is -2.48. The van der Waals surface area contributed by atoms with Gasteiger partial charge >= 0.3 is 17.9 Å². The lowest BCUT2D eigenvalue weighted by molar-refractivity contribution is 0.0725. The second-order valence-corrected chi connectivity index (χ2v) is 25.8. The zero-order chi connectivity index (χ0) is 62.5. The largest absolute Gasteiger partial charge is 0.497 e. The summed E-state index contributed by atoms with van der Waals surface area (Å²) in [5, 5.41) is 0. The van der Waals surface area contributed by atoms with Gasteiger partial charge in [0.15, 0.2) is 5.78 Å². The number of carbonyl (C=O) groups excluding carboxylic acids is 4. The van der Waals surface area contributed by atoms with Crippen molar-refractivity contribution in [1.29, 1.82) is 0 Å². The summed E-state index contributed by atoms with van der Waals surface area (Å²) in [5.74, 6) is 5.01. The van der Waals surface area contributed by atoms with Crippen LogP contribution in [0.2, 0.25) is 0 Å². The number of ether oxygens (including phenoxy) is 7. The zero-order valence-corrected chi connectivity index (χ0v) is 51.7. The average Bonchev–Trinajstić information content (AvgIpc) is 0.917. The van der Waals surface area contributed by atoms with Crippen molar-refractivity contribution in [3.8, 4) is 57.5 Å². The van der Waals surface area contributed by atoms with Crippen molar-refractivity contribution in [3.05, 3.63) is 263 Å². The molecule has 0 radical (unpaired) electrons. The van der Waals surface area contributed by atoms with Crippen molar-refractivity contribution in [2.75, 3.05) is 7.11 Å². The Morgan fingerprint density at radius 1 is 0.315 bits per heavy atom. The molecule has 11 heteroatoms. The molecule has 0 bridgehead atoms. The van der Waals surface area contributed by atoms with E-state index < -0.39 is 17.9 Å². The van der Waals surface area contributed by atoms with Gasteiger partial charge in [-0.1, -0.05) is 90.1 Å². The first-order valence-corrected chi connectivity index (χ1v) is 30.4. The molecule has 2 saturated carbocycles. The third kappa shape index (κ3) is 14.3. The quantitative estimate of drug-likeness (QED) is 0.0462. The molecule has 11 nitrogen and oxygen atoms in total. The minimum absolute atomic E-state index is 0.0208. The minimum Gasteiger partial charge on any atom is -0.497 e. The third-order valence-electron chi connectivity index (χ3n) is 17.3. The molecule has 11 rings (SSSR count). The van der Waals surface area contributed by atoms with Gasteiger partial charge in [-0.25, -0.2) is 14.4 Å². The van der Waals surface area contributed by atoms with Crippen molar-refractivity contribution in [2.45, 2.75) is 97.8 Å². The highest BCUT2D eigenvalue weighted by Gasteiger charge is 2.46. The normalized spacial score (nSPS) is 19.2. The van der Waals surface area contributed by atoms with Crippen LogP contribution < -0.4 is 33.2 Å². The molecule has 0 saturated heterocycles. The Labute approximate surface area is 521 Å². The summed E-state index contributed by atoms with van der Waals surface area (Å²) in [4.78, 5) is 51.8. The zero-order valence-electron chi connectivity index (χ0n) is 51.7. The number of esters is 3. The maximum absolute atomic E-state index is 13.5. The lowest BCUT2D eigenvalue weighted by atomic mass is 9.55. The first kappa shape index (κ1) is 60.9. The summed E-state index contributed by atoms with van der Waals surface area (Å²) < 4.78 is 41.2. The van der Waals surface area contributed by atoms with Crippen LogP contribution >= 0.6 is 0 Å². The van der Waals surface area contributed by atoms with E-state index in [1.807, 2.05) is 48.5 Å². The van der Waals surface area contributed by atoms with E-state index in [9.17, 15) is 19.2 Å². The molecular weight excluding hydrogens is 1110 g/mol. The van der Waals surface area contributed by atoms with Gasteiger partial charge in [-0.2, -0.15) is 0 Å². The molecule has 0 heterocycles. The Bertz CT molecular complexity index is 3950. The average molecular weight is 1190 g/mol. The summed E-state index contributed by atoms with van der Waals surface area (Å²) in [6.45, 7) is 15.5. The second kappa shape index (κ2) is 25.5. The van der Waals surface area contributed by atoms with Gasteiger partial charge in [0.2, 0.25) is 0 Å². The highest BCUT2D eigenvalue weighted by molar-refractivity contribution is 5.94. The molecule has 89 heavy (non-hydrogen) atoms. The number of ketones is 1. The standard InChI is InChI=1S/C78H74O11/c1-51-45-75(4,5)49-77(47-51,58-17-33-62(83-8)34-18-58)59-19-35-69(36-20-59)87-73(81)56-13-29-65(30-14-56)85-67-41-43-68(44-42-67)86-66-31-15-57(16-32-66)74(82)89-71-39-23-61(24-40-71)78(48-52(2)46-76(6,7)50-78)60-21-37-70(38-22-60)88-72(80)55-11-27-64(28-12-55)84-63-25-9-54(10-26-63)53(3)79/h9-44,51-52H,45-50H2,1-8H3. The molecule has 2 aliphatic carbocycles. The second-order valence-electron chi connectivity index (χ2n) is 25.8. The topological polar surface area (TPSA) is 133 Å². The van der Waals surface area contributed by atoms with Crippen LogP contribution in [0.3, 0.4) is 0 Å². The van der Waals surface area contributed by atoms with Gasteiger partial charge in [0.25, 0.3) is 0 Å². The van der Waals surface area contributed by atoms with Gasteiger partial charge in [-0.3, -0.25) is 4.79 Å². The summed E-state index contributed by atoms with van der Waals surface area (Å²) in [5.41, 5.74) is 6.09. The first-order valence-electron chi connectivity index (χ1n) is 30.4. The number of hydrogen-bond donors (Lipinski definition) is 0. The van der Waals surface area contributed by atoms with Gasteiger partial charge in [0.1, 0.15) is 57.5 Å². The van der Waals surface area contributed by atoms with Crippen LogP contribution in [0.4, 0.5) is 0 Å². The highest BCUT2D eigenvalue weighted by Crippen LogP contribution is 2.55. The van der Waals surface area contributed by atoms with Crippen LogP contribution in [0.5, 0.6) is 57.5 Å². The van der Waals surface area contributed by atoms with E-state index in [2.05, 4.69) is 90.1 Å². The number of methoxy groups -OCH3 is 1. The fourth-order valence-corrected chi connectivity index (χ4v) is 14.0. The van der Waals surface area contributed by atoms with Gasteiger partial charge in [0, 0.05) is 16.4 Å². The van der Waals surface area contributed by atoms with Gasteiger partial charge in [0.05, 0.1) is 23.8 Å². The Kier molecular flexibility index (Phi) is 17.5. The maximum atomic E-state index is 13.5. The number of hydrogen-bond acceptors (Lipinski definition) is 11. The third-order valence-corrected chi connectivity index (χ3v) is 17.3. The van der Waals surface area contributed by atoms with Crippen molar-refractivity contribution >= 4 is 23.7 Å². The fraction of sp³-hybridized carbons (Fsp3) is 0.256. The molecule has 0 amide bonds. The minimum atomic E-state index is -0.498. The van der Waals surface area contributed by atoms with Crippen LogP contribution in [0.15, 0.2) is 218 Å². The molecular formula is C78H74O11. The molecule has 4 atom stereocenters. The molecule has 0 N–H and O–H groups in total. The SMILES string of the molecule is COc1ccc(C2(c3ccc(OC(=O)c4ccc(Oc5ccc(Oc6ccc(C(=O)Oc7ccc(C8(c9ccc(OC(=O)c%10ccc(Oc%11ccc(C(C)=O)cc%11)cc%10)cc9)CC(C)CC(C)(C)C8)cc7)cc6)cc5)cc4)cc3)CC(C)CC(C)(C)C2)cc1. The van der Waals surface area contributed by atoms with Crippen LogP contribution in [0.1, 0.15) is 151 Å². The smallest absolute Gasteiger partial charge is 0.343 e. The van der Waals surface area contributed by atoms with Gasteiger partial charge in [-0.15, -0.1) is 0 Å². The van der Waals surface area contributed by atoms with E-state index in [1.54, 1.807) is 128 Å². The van der Waals surface area contributed by atoms with E-state index in [0.29, 0.717) is 85.8 Å². The van der Waals surface area contributed by atoms with E-state index in [1.165, 1.54) is 24.5 Å². The molecule has 2 fully saturated rings. The monoisotopic (exact) mass is 1190 g/mol. The predicted octanol–water partition coefficient (Wildman–Crippen LogP) is 19.2. The van der Waals surface area contributed by atoms with Crippen molar-refractivity contribution in [3.63, 3.8) is 0 Å². The molecule has 9 aromatic rings. The Hall–Kier alpha value is -9.74. The summed E-state index contributed by atoms with van der Waals surface area (Å²) in [6, 6.07) is 66.5. The molecule has 0 aliphatic heterocycles. The number of benzene rings is 9. The fourth-order valence-electron chi connectivity index (χ4n) is 14.0. The molecule has 9 aromatic carbocycles. The maximum Gasteiger partial charge on any atom is 0.343 e. The van der Waals surface area contributed by atoms with E-state index in [0.717, 1.165) is 49.0 Å². The Morgan fingerprint density at radius 2 is 0.539 bits per heavy atom. The Morgan fingerprint density at radius 3 is 0.775 bits per heavy atom. The molecule has 452 valence electrons. The molecule has 2 aliphatic rings. The first-order chi connectivity index (χ1) is 42.7. The summed E-state index contributed by atoms with van der Waals surface area (Å²) >= 11 is 0. The van der Waals surface area contributed by atoms with E-state index in [-0.39, 0.29) is 27.4 Å². The molecule has 4 unspecified atom stereocenters. The highest BCUT2D eigenvalue weighted by atomic mass is 16.5. The van der Waals surface area contributed by atoms with Crippen LogP contribution in [0, 0.1) is 22.7 Å². The predicted molar refractivity (Wildman–Crippen MR) is 345 cm³/mol. The number of carbonyl (C=O) groups is 4. The number of Topliss-reactive ketones (excluding diaryl/α,β-unsaturated/α-hetero) is 1. The Balaban J connectivity index is 0.667. The van der Waals surface area contributed by atoms with Gasteiger partial charge in [-0.05, 0) is 260 Å².